The van der Waals surface area contributed by atoms with Crippen LogP contribution in [0.5, 0.6) is 0 Å². The minimum Gasteiger partial charge on any atom is -0.394 e. The van der Waals surface area contributed by atoms with Gasteiger partial charge in [-0.1, -0.05) is 33.3 Å². The van der Waals surface area contributed by atoms with Crippen molar-refractivity contribution in [3.8, 4) is 0 Å². The quantitative estimate of drug-likeness (QED) is 0.166. The van der Waals surface area contributed by atoms with Gasteiger partial charge in [-0.15, -0.1) is 0 Å². The third kappa shape index (κ3) is 4.74. The highest BCUT2D eigenvalue weighted by molar-refractivity contribution is 5.30. The normalized spacial score (nSPS) is 56.1. The van der Waals surface area contributed by atoms with E-state index in [4.69, 9.17) is 18.9 Å². The smallest absolute Gasteiger partial charge is 0.187 e. The molecule has 2 heterocycles. The molecule has 1 spiro atoms. The lowest BCUT2D eigenvalue weighted by atomic mass is 9.43. The molecule has 6 aliphatic rings. The van der Waals surface area contributed by atoms with E-state index in [1.165, 1.54) is 25.7 Å². The highest BCUT2D eigenvalue weighted by Crippen LogP contribution is 2.72. The first-order valence-electron chi connectivity index (χ1n) is 15.8. The van der Waals surface area contributed by atoms with E-state index in [9.17, 15) is 35.7 Å². The van der Waals surface area contributed by atoms with Gasteiger partial charge in [-0.25, -0.2) is 0 Å². The van der Waals surface area contributed by atoms with E-state index in [0.717, 1.165) is 49.5 Å². The zero-order valence-electron chi connectivity index (χ0n) is 24.8. The fraction of sp³-hybridized carbons (Fsp3) is 0.935. The lowest BCUT2D eigenvalue weighted by Gasteiger charge is -2.62. The van der Waals surface area contributed by atoms with Crippen LogP contribution in [0.2, 0.25) is 0 Å². The number of hydrogen-bond donors (Lipinski definition) is 7. The summed E-state index contributed by atoms with van der Waals surface area (Å²) in [4.78, 5) is 0. The first-order valence-corrected chi connectivity index (χ1v) is 15.8. The summed E-state index contributed by atoms with van der Waals surface area (Å²) in [6, 6.07) is 0. The van der Waals surface area contributed by atoms with Gasteiger partial charge in [0, 0.05) is 0 Å². The highest BCUT2D eigenvalue weighted by Gasteiger charge is 2.66. The molecule has 11 heteroatoms. The number of aliphatic hydroxyl groups excluding tert-OH is 7. The molecule has 0 radical (unpaired) electrons. The second-order valence-electron chi connectivity index (χ2n) is 14.5. The lowest BCUT2D eigenvalue weighted by Crippen LogP contribution is -2.65. The molecule has 2 bridgehead atoms. The number of aliphatic hydroxyl groups is 7. The number of rotatable bonds is 6. The summed E-state index contributed by atoms with van der Waals surface area (Å²) in [5.41, 5.74) is 0.648. The van der Waals surface area contributed by atoms with Crippen LogP contribution in [0.1, 0.15) is 71.6 Å². The molecule has 4 saturated carbocycles. The SMILES string of the molecule is C=C1CC23CCC4[C@@H](C)CCC[C@@]4(C)[C@@H]2CCC1(OC1OC(CO)C(O)C(OC2OC(CO)C(O)C(O)C2O)C1O)C3. The van der Waals surface area contributed by atoms with Crippen molar-refractivity contribution in [3.63, 3.8) is 0 Å². The molecule has 42 heavy (non-hydrogen) atoms. The third-order valence-electron chi connectivity index (χ3n) is 12.4. The van der Waals surface area contributed by atoms with E-state index in [-0.39, 0.29) is 5.41 Å². The summed E-state index contributed by atoms with van der Waals surface area (Å²) in [5.74, 6) is 2.05. The average Bonchev–Trinajstić information content (AvgIpc) is 3.16. The Kier molecular flexibility index (Phi) is 8.40. The van der Waals surface area contributed by atoms with Crippen molar-refractivity contribution in [1.29, 1.82) is 0 Å². The van der Waals surface area contributed by atoms with Crippen molar-refractivity contribution in [1.82, 2.24) is 0 Å². The molecule has 0 amide bonds. The summed E-state index contributed by atoms with van der Waals surface area (Å²) in [6.45, 7) is 8.17. The Morgan fingerprint density at radius 3 is 2.24 bits per heavy atom. The standard InChI is InChI=1S/C31H50O11/c1-15-5-4-8-29(3)17(15)6-9-30-11-16(2)31(14-30,10-7-20(29)30)42-28-25(38)26(22(35)19(13-33)40-28)41-27-24(37)23(36)21(34)18(12-32)39-27/h15,17-28,32-38H,2,4-14H2,1,3H3/t15-,17?,18?,19?,20-,21?,22?,23?,24?,25?,26?,27?,28?,29+,30?,31?/m0/s1. The molecule has 11 nitrogen and oxygen atoms in total. The van der Waals surface area contributed by atoms with Gasteiger partial charge in [-0.3, -0.25) is 0 Å². The maximum absolute atomic E-state index is 11.4. The van der Waals surface area contributed by atoms with E-state index < -0.39 is 80.2 Å². The second kappa shape index (κ2) is 11.3. The van der Waals surface area contributed by atoms with E-state index >= 15 is 0 Å². The molecule has 4 aliphatic carbocycles. The van der Waals surface area contributed by atoms with Crippen LogP contribution < -0.4 is 0 Å². The summed E-state index contributed by atoms with van der Waals surface area (Å²) < 4.78 is 23.8. The molecule has 2 aliphatic heterocycles. The van der Waals surface area contributed by atoms with Crippen molar-refractivity contribution < 1.29 is 54.7 Å². The fourth-order valence-electron chi connectivity index (χ4n) is 10.3. The van der Waals surface area contributed by atoms with Crippen LogP contribution in [0.25, 0.3) is 0 Å². The van der Waals surface area contributed by atoms with Crippen LogP contribution in [-0.4, -0.2) is 116 Å². The van der Waals surface area contributed by atoms with Gasteiger partial charge in [-0.2, -0.15) is 0 Å². The van der Waals surface area contributed by atoms with Gasteiger partial charge in [0.25, 0.3) is 0 Å². The number of fused-ring (bicyclic) bond motifs is 3. The van der Waals surface area contributed by atoms with E-state index in [1.807, 2.05) is 0 Å². The molecule has 16 atom stereocenters. The molecule has 0 aromatic rings. The van der Waals surface area contributed by atoms with Gasteiger partial charge >= 0.3 is 0 Å². The third-order valence-corrected chi connectivity index (χ3v) is 12.4. The molecule has 2 saturated heterocycles. The summed E-state index contributed by atoms with van der Waals surface area (Å²) >= 11 is 0. The van der Waals surface area contributed by atoms with Crippen LogP contribution in [-0.2, 0) is 18.9 Å². The van der Waals surface area contributed by atoms with Crippen molar-refractivity contribution in [2.24, 2.45) is 28.6 Å². The van der Waals surface area contributed by atoms with Gasteiger partial charge in [0.1, 0.15) is 48.8 Å². The molecule has 7 N–H and O–H groups in total. The largest absolute Gasteiger partial charge is 0.394 e. The van der Waals surface area contributed by atoms with Crippen LogP contribution in [0.4, 0.5) is 0 Å². The average molecular weight is 599 g/mol. The molecule has 6 fully saturated rings. The first-order chi connectivity index (χ1) is 19.9. The van der Waals surface area contributed by atoms with Gasteiger partial charge in [0.15, 0.2) is 12.6 Å². The van der Waals surface area contributed by atoms with Crippen LogP contribution in [0.15, 0.2) is 12.2 Å². The molecule has 240 valence electrons. The van der Waals surface area contributed by atoms with E-state index in [0.29, 0.717) is 11.3 Å². The summed E-state index contributed by atoms with van der Waals surface area (Å²) in [5, 5.41) is 72.7. The van der Waals surface area contributed by atoms with Gasteiger partial charge in [0.05, 0.1) is 18.8 Å². The minimum atomic E-state index is -1.72. The number of ether oxygens (including phenoxy) is 4. The molecular weight excluding hydrogens is 548 g/mol. The minimum absolute atomic E-state index is 0.0827. The second-order valence-corrected chi connectivity index (χ2v) is 14.5. The first kappa shape index (κ1) is 31.3. The predicted molar refractivity (Wildman–Crippen MR) is 148 cm³/mol. The van der Waals surface area contributed by atoms with E-state index in [1.54, 1.807) is 0 Å². The Balaban J connectivity index is 1.21. The van der Waals surface area contributed by atoms with Crippen LogP contribution in [0.3, 0.4) is 0 Å². The Morgan fingerprint density at radius 1 is 0.833 bits per heavy atom. The van der Waals surface area contributed by atoms with Gasteiger partial charge in [-0.05, 0) is 79.1 Å². The topological polar surface area (TPSA) is 179 Å². The molecule has 6 rings (SSSR count). The predicted octanol–water partition coefficient (Wildman–Crippen LogP) is 0.349. The maximum Gasteiger partial charge on any atom is 0.187 e. The monoisotopic (exact) mass is 598 g/mol. The van der Waals surface area contributed by atoms with Crippen LogP contribution >= 0.6 is 0 Å². The number of hydrogen-bond acceptors (Lipinski definition) is 11. The van der Waals surface area contributed by atoms with Gasteiger partial charge in [0.2, 0.25) is 0 Å². The Hall–Kier alpha value is -0.700. The summed E-state index contributed by atoms with van der Waals surface area (Å²) in [7, 11) is 0. The molecule has 0 aromatic carbocycles. The van der Waals surface area contributed by atoms with Crippen molar-refractivity contribution in [2.45, 2.75) is 139 Å². The lowest BCUT2D eigenvalue weighted by molar-refractivity contribution is -0.369. The van der Waals surface area contributed by atoms with E-state index in [2.05, 4.69) is 20.4 Å². The zero-order valence-corrected chi connectivity index (χ0v) is 24.8. The Bertz CT molecular complexity index is 1010. The Labute approximate surface area is 247 Å². The Morgan fingerprint density at radius 2 is 1.52 bits per heavy atom. The molecular formula is C31H50O11. The fourth-order valence-corrected chi connectivity index (χ4v) is 10.3. The zero-order chi connectivity index (χ0) is 30.2. The molecule has 0 aromatic heterocycles. The molecule has 13 unspecified atom stereocenters. The maximum atomic E-state index is 11.4. The van der Waals surface area contributed by atoms with Gasteiger partial charge < -0.3 is 54.7 Å². The highest BCUT2D eigenvalue weighted by atomic mass is 16.7. The summed E-state index contributed by atoms with van der Waals surface area (Å²) in [6.07, 6.45) is -5.17. The van der Waals surface area contributed by atoms with Crippen molar-refractivity contribution in [3.05, 3.63) is 12.2 Å². The van der Waals surface area contributed by atoms with Crippen molar-refractivity contribution in [2.75, 3.05) is 13.2 Å². The van der Waals surface area contributed by atoms with Crippen molar-refractivity contribution >= 4 is 0 Å². The van der Waals surface area contributed by atoms with Crippen LogP contribution in [0, 0.1) is 28.6 Å².